The molecule has 3 aromatic rings. The molecule has 2 aromatic carbocycles. The van der Waals surface area contributed by atoms with Gasteiger partial charge in [0.15, 0.2) is 0 Å². The Morgan fingerprint density at radius 3 is 2.75 bits per heavy atom. The number of anilines is 1. The van der Waals surface area contributed by atoms with Gasteiger partial charge in [-0.05, 0) is 29.8 Å². The van der Waals surface area contributed by atoms with E-state index in [1.807, 2.05) is 30.3 Å². The minimum absolute atomic E-state index is 0.685. The Hall–Kier alpha value is -2.00. The second kappa shape index (κ2) is 5.17. The van der Waals surface area contributed by atoms with Crippen molar-refractivity contribution in [3.63, 3.8) is 0 Å². The molecule has 0 amide bonds. The number of nitrogen functional groups attached to an aromatic ring is 1. The molecular weight excluding hydrogens is 270 g/mol. The second-order valence-electron chi connectivity index (χ2n) is 4.81. The van der Waals surface area contributed by atoms with E-state index in [0.29, 0.717) is 17.3 Å². The molecule has 0 radical (unpaired) electrons. The maximum Gasteiger partial charge on any atom is 0.109 e. The highest BCUT2D eigenvalue weighted by molar-refractivity contribution is 6.31. The van der Waals surface area contributed by atoms with Crippen LogP contribution in [0.25, 0.3) is 11.0 Å². The van der Waals surface area contributed by atoms with E-state index in [1.165, 1.54) is 0 Å². The minimum atomic E-state index is 0.685. The number of halogens is 1. The number of nitrogens with zero attached hydrogens (tertiary/aromatic N) is 2. The zero-order valence-electron chi connectivity index (χ0n) is 11.3. The van der Waals surface area contributed by atoms with Crippen LogP contribution in [0.1, 0.15) is 18.3 Å². The third-order valence-corrected chi connectivity index (χ3v) is 3.81. The number of benzene rings is 2. The smallest absolute Gasteiger partial charge is 0.109 e. The maximum atomic E-state index is 6.28. The van der Waals surface area contributed by atoms with Gasteiger partial charge in [-0.25, -0.2) is 4.98 Å². The first-order valence-corrected chi connectivity index (χ1v) is 7.05. The number of aromatic nitrogens is 2. The van der Waals surface area contributed by atoms with Gasteiger partial charge in [0.25, 0.3) is 0 Å². The van der Waals surface area contributed by atoms with Gasteiger partial charge in [-0.2, -0.15) is 0 Å². The molecule has 3 nitrogen and oxygen atoms in total. The van der Waals surface area contributed by atoms with Gasteiger partial charge in [-0.1, -0.05) is 36.7 Å². The molecule has 3 rings (SSSR count). The highest BCUT2D eigenvalue weighted by Gasteiger charge is 2.10. The van der Waals surface area contributed by atoms with Crippen LogP contribution in [0, 0.1) is 0 Å². The standard InChI is InChI=1S/C16H16ClN3/c1-2-16-19-14-5-3-4-6-15(14)20(16)10-11-7-8-12(18)9-13(11)17/h3-9H,2,10,18H2,1H3. The predicted octanol–water partition coefficient (Wildman–Crippen LogP) is 3.88. The fourth-order valence-electron chi connectivity index (χ4n) is 2.43. The van der Waals surface area contributed by atoms with Crippen LogP contribution in [0.5, 0.6) is 0 Å². The zero-order chi connectivity index (χ0) is 14.1. The van der Waals surface area contributed by atoms with Gasteiger partial charge in [-0.3, -0.25) is 0 Å². The number of imidazole rings is 1. The molecule has 0 aliphatic heterocycles. The molecule has 0 saturated heterocycles. The normalized spacial score (nSPS) is 11.1. The van der Waals surface area contributed by atoms with Crippen molar-refractivity contribution < 1.29 is 0 Å². The van der Waals surface area contributed by atoms with Crippen molar-refractivity contribution in [3.8, 4) is 0 Å². The molecule has 102 valence electrons. The van der Waals surface area contributed by atoms with Crippen LogP contribution < -0.4 is 5.73 Å². The van der Waals surface area contributed by atoms with Gasteiger partial charge in [0.1, 0.15) is 5.82 Å². The van der Waals surface area contributed by atoms with Crippen molar-refractivity contribution in [2.75, 3.05) is 5.73 Å². The summed E-state index contributed by atoms with van der Waals surface area (Å²) in [6.45, 7) is 2.82. The fourth-order valence-corrected chi connectivity index (χ4v) is 2.68. The Labute approximate surface area is 123 Å². The van der Waals surface area contributed by atoms with Crippen molar-refractivity contribution in [3.05, 3.63) is 58.9 Å². The average molecular weight is 286 g/mol. The molecular formula is C16H16ClN3. The topological polar surface area (TPSA) is 43.8 Å². The largest absolute Gasteiger partial charge is 0.399 e. The van der Waals surface area contributed by atoms with E-state index in [0.717, 1.165) is 28.8 Å². The molecule has 0 fully saturated rings. The van der Waals surface area contributed by atoms with Crippen molar-refractivity contribution in [1.29, 1.82) is 0 Å². The molecule has 0 unspecified atom stereocenters. The van der Waals surface area contributed by atoms with E-state index in [2.05, 4.69) is 22.5 Å². The van der Waals surface area contributed by atoms with Gasteiger partial charge < -0.3 is 10.3 Å². The molecule has 0 saturated carbocycles. The zero-order valence-corrected chi connectivity index (χ0v) is 12.1. The summed E-state index contributed by atoms with van der Waals surface area (Å²) in [5, 5.41) is 0.699. The van der Waals surface area contributed by atoms with Crippen molar-refractivity contribution >= 4 is 28.3 Å². The van der Waals surface area contributed by atoms with Crippen LogP contribution in [0.4, 0.5) is 5.69 Å². The van der Waals surface area contributed by atoms with Crippen LogP contribution in [0.3, 0.4) is 0 Å². The van der Waals surface area contributed by atoms with Crippen molar-refractivity contribution in [1.82, 2.24) is 9.55 Å². The first-order chi connectivity index (χ1) is 9.69. The Kier molecular flexibility index (Phi) is 3.36. The highest BCUT2D eigenvalue weighted by Crippen LogP contribution is 2.23. The van der Waals surface area contributed by atoms with Crippen LogP contribution in [0.15, 0.2) is 42.5 Å². The average Bonchev–Trinajstić information content (AvgIpc) is 2.80. The van der Waals surface area contributed by atoms with E-state index < -0.39 is 0 Å². The highest BCUT2D eigenvalue weighted by atomic mass is 35.5. The summed E-state index contributed by atoms with van der Waals surface area (Å²) in [6.07, 6.45) is 0.890. The van der Waals surface area contributed by atoms with Crippen molar-refractivity contribution in [2.24, 2.45) is 0 Å². The number of aryl methyl sites for hydroxylation is 1. The minimum Gasteiger partial charge on any atom is -0.399 e. The second-order valence-corrected chi connectivity index (χ2v) is 5.21. The molecule has 0 aliphatic carbocycles. The maximum absolute atomic E-state index is 6.28. The summed E-state index contributed by atoms with van der Waals surface area (Å²) in [5.41, 5.74) is 9.64. The lowest BCUT2D eigenvalue weighted by Gasteiger charge is -2.10. The first kappa shape index (κ1) is 13.0. The van der Waals surface area contributed by atoms with Gasteiger partial charge in [0.2, 0.25) is 0 Å². The summed E-state index contributed by atoms with van der Waals surface area (Å²) in [7, 11) is 0. The van der Waals surface area contributed by atoms with Crippen LogP contribution in [0.2, 0.25) is 5.02 Å². The van der Waals surface area contributed by atoms with E-state index in [4.69, 9.17) is 17.3 Å². The van der Waals surface area contributed by atoms with E-state index in [1.54, 1.807) is 6.07 Å². The van der Waals surface area contributed by atoms with E-state index in [-0.39, 0.29) is 0 Å². The number of rotatable bonds is 3. The summed E-state index contributed by atoms with van der Waals surface area (Å²) in [5.74, 6) is 1.07. The SMILES string of the molecule is CCc1nc2ccccc2n1Cc1ccc(N)cc1Cl. The van der Waals surface area contributed by atoms with Crippen LogP contribution in [-0.2, 0) is 13.0 Å². The Morgan fingerprint density at radius 1 is 1.20 bits per heavy atom. The summed E-state index contributed by atoms with van der Waals surface area (Å²) in [6, 6.07) is 13.8. The predicted molar refractivity (Wildman–Crippen MR) is 84.1 cm³/mol. The summed E-state index contributed by atoms with van der Waals surface area (Å²) >= 11 is 6.28. The third-order valence-electron chi connectivity index (χ3n) is 3.46. The Bertz CT molecular complexity index is 762. The van der Waals surface area contributed by atoms with Gasteiger partial charge in [0.05, 0.1) is 17.6 Å². The number of hydrogen-bond acceptors (Lipinski definition) is 2. The third kappa shape index (κ3) is 2.25. The van der Waals surface area contributed by atoms with Gasteiger partial charge in [0, 0.05) is 17.1 Å². The number of hydrogen-bond donors (Lipinski definition) is 1. The fraction of sp³-hybridized carbons (Fsp3) is 0.188. The molecule has 0 atom stereocenters. The molecule has 1 aromatic heterocycles. The molecule has 4 heteroatoms. The lowest BCUT2D eigenvalue weighted by Crippen LogP contribution is -2.05. The monoisotopic (exact) mass is 285 g/mol. The lowest BCUT2D eigenvalue weighted by atomic mass is 10.2. The molecule has 1 heterocycles. The van der Waals surface area contributed by atoms with Gasteiger partial charge >= 0.3 is 0 Å². The number of para-hydroxylation sites is 2. The van der Waals surface area contributed by atoms with Crippen LogP contribution in [-0.4, -0.2) is 9.55 Å². The Balaban J connectivity index is 2.09. The van der Waals surface area contributed by atoms with Crippen molar-refractivity contribution in [2.45, 2.75) is 19.9 Å². The lowest BCUT2D eigenvalue weighted by molar-refractivity contribution is 0.753. The van der Waals surface area contributed by atoms with E-state index >= 15 is 0 Å². The molecule has 20 heavy (non-hydrogen) atoms. The first-order valence-electron chi connectivity index (χ1n) is 6.67. The molecule has 0 bridgehead atoms. The summed E-state index contributed by atoms with van der Waals surface area (Å²) in [4.78, 5) is 4.67. The quantitative estimate of drug-likeness (QED) is 0.742. The van der Waals surface area contributed by atoms with Crippen LogP contribution >= 0.6 is 11.6 Å². The van der Waals surface area contributed by atoms with E-state index in [9.17, 15) is 0 Å². The van der Waals surface area contributed by atoms with Gasteiger partial charge in [-0.15, -0.1) is 0 Å². The molecule has 0 spiro atoms. The summed E-state index contributed by atoms with van der Waals surface area (Å²) < 4.78 is 2.22. The Morgan fingerprint density at radius 2 is 2.00 bits per heavy atom. The number of nitrogens with two attached hydrogens (primary N) is 1. The molecule has 2 N–H and O–H groups in total. The molecule has 0 aliphatic rings. The number of fused-ring (bicyclic) bond motifs is 1.